The Morgan fingerprint density at radius 3 is 1.66 bits per heavy atom. The number of hydrogen-bond acceptors (Lipinski definition) is 4. The largest absolute Gasteiger partial charge is 0.456 e. The third-order valence-corrected chi connectivity index (χ3v) is 13.1. The molecule has 65 heavy (non-hydrogen) atoms. The van der Waals surface area contributed by atoms with Crippen LogP contribution in [0.5, 0.6) is 0 Å². The summed E-state index contributed by atoms with van der Waals surface area (Å²) in [5.74, 6) is 1.71. The molecule has 0 fully saturated rings. The summed E-state index contributed by atoms with van der Waals surface area (Å²) in [7, 11) is 0. The van der Waals surface area contributed by atoms with Gasteiger partial charge in [0.05, 0.1) is 27.8 Å². The maximum Gasteiger partial charge on any atom is 0.166 e. The van der Waals surface area contributed by atoms with Gasteiger partial charge in [0.2, 0.25) is 0 Å². The van der Waals surface area contributed by atoms with Gasteiger partial charge >= 0.3 is 0 Å². The first-order valence-electron chi connectivity index (χ1n) is 21.9. The Hall–Kier alpha value is -8.87. The van der Waals surface area contributed by atoms with E-state index in [4.69, 9.17) is 19.4 Å². The van der Waals surface area contributed by atoms with E-state index in [-0.39, 0.29) is 0 Å². The van der Waals surface area contributed by atoms with Crippen LogP contribution in [0.25, 0.3) is 133 Å². The molecule has 0 aliphatic rings. The highest BCUT2D eigenvalue weighted by Crippen LogP contribution is 2.43. The molecule has 0 unspecified atom stereocenters. The van der Waals surface area contributed by atoms with Crippen molar-refractivity contribution in [2.45, 2.75) is 0 Å². The van der Waals surface area contributed by atoms with E-state index in [1.165, 1.54) is 21.5 Å². The molecule has 4 heterocycles. The van der Waals surface area contributed by atoms with Crippen molar-refractivity contribution in [2.24, 2.45) is 0 Å². The lowest BCUT2D eigenvalue weighted by Crippen LogP contribution is -2.05. The van der Waals surface area contributed by atoms with Crippen LogP contribution in [0.1, 0.15) is 0 Å². The number of hydrogen-bond donors (Lipinski definition) is 0. The summed E-state index contributed by atoms with van der Waals surface area (Å²) in [6.07, 6.45) is 0. The van der Waals surface area contributed by atoms with Crippen LogP contribution in [-0.4, -0.2) is 24.1 Å². The lowest BCUT2D eigenvalue weighted by Gasteiger charge is -2.16. The first-order valence-corrected chi connectivity index (χ1v) is 21.9. The molecule has 14 aromatic rings. The van der Waals surface area contributed by atoms with Gasteiger partial charge in [-0.3, -0.25) is 0 Å². The topological polar surface area (TPSA) is 61.7 Å². The molecule has 0 atom stereocenters. The molecule has 0 aliphatic carbocycles. The molecule has 0 saturated heterocycles. The van der Waals surface area contributed by atoms with Crippen molar-refractivity contribution in [2.75, 3.05) is 0 Å². The van der Waals surface area contributed by atoms with E-state index < -0.39 is 0 Å². The zero-order valence-corrected chi connectivity index (χ0v) is 34.9. The molecule has 6 heteroatoms. The molecule has 4 aromatic heterocycles. The third-order valence-electron chi connectivity index (χ3n) is 13.1. The van der Waals surface area contributed by atoms with Gasteiger partial charge in [-0.05, 0) is 82.2 Å². The molecule has 0 N–H and O–H groups in total. The Morgan fingerprint density at radius 1 is 0.308 bits per heavy atom. The number of rotatable bonds is 5. The van der Waals surface area contributed by atoms with Gasteiger partial charge in [0, 0.05) is 54.7 Å². The number of para-hydroxylation sites is 5. The molecule has 302 valence electrons. The second kappa shape index (κ2) is 13.8. The average molecular weight is 830 g/mol. The van der Waals surface area contributed by atoms with Gasteiger partial charge in [0.15, 0.2) is 17.5 Å². The molecule has 10 aromatic carbocycles. The van der Waals surface area contributed by atoms with E-state index in [0.717, 1.165) is 93.6 Å². The number of aromatic nitrogens is 5. The van der Waals surface area contributed by atoms with E-state index >= 15 is 0 Å². The predicted octanol–water partition coefficient (Wildman–Crippen LogP) is 15.3. The first-order chi connectivity index (χ1) is 32.2. The van der Waals surface area contributed by atoms with Crippen molar-refractivity contribution >= 4 is 87.1 Å². The van der Waals surface area contributed by atoms with Crippen molar-refractivity contribution in [3.63, 3.8) is 0 Å². The standard InChI is InChI=1S/C59H35N5O/c1-2-20-39(21-3-1)63-50-29-11-8-23-41(50)44-26-15-28-46(56(44)63)58-60-57(45-27-14-19-36-16-6-7-22-40(36)45)61-59(62-58)49-35-55-48(43-25-10-13-31-54(43)65-55)34-53(49)64-51-30-12-9-24-42(51)47-32-37-17-4-5-18-38(37)33-52(47)64/h1-35H. The summed E-state index contributed by atoms with van der Waals surface area (Å²) in [6, 6.07) is 75.0. The summed E-state index contributed by atoms with van der Waals surface area (Å²) >= 11 is 0. The normalized spacial score (nSPS) is 12.0. The van der Waals surface area contributed by atoms with Gasteiger partial charge in [0.1, 0.15) is 11.2 Å². The monoisotopic (exact) mass is 829 g/mol. The average Bonchev–Trinajstić information content (AvgIpc) is 4.02. The molecule has 0 radical (unpaired) electrons. The Morgan fingerprint density at radius 2 is 0.862 bits per heavy atom. The Bertz CT molecular complexity index is 4250. The second-order valence-electron chi connectivity index (χ2n) is 16.8. The summed E-state index contributed by atoms with van der Waals surface area (Å²) in [5, 5.41) is 11.2. The molecule has 0 spiro atoms. The summed E-state index contributed by atoms with van der Waals surface area (Å²) in [4.78, 5) is 16.6. The molecule has 0 saturated carbocycles. The fourth-order valence-electron chi connectivity index (χ4n) is 10.2. The van der Waals surface area contributed by atoms with Gasteiger partial charge in [-0.15, -0.1) is 0 Å². The van der Waals surface area contributed by atoms with Gasteiger partial charge < -0.3 is 13.6 Å². The predicted molar refractivity (Wildman–Crippen MR) is 267 cm³/mol. The Balaban J connectivity index is 1.13. The molecule has 0 aliphatic heterocycles. The van der Waals surface area contributed by atoms with Crippen molar-refractivity contribution in [3.8, 4) is 45.5 Å². The highest BCUT2D eigenvalue weighted by molar-refractivity contribution is 6.16. The summed E-state index contributed by atoms with van der Waals surface area (Å²) in [5.41, 5.74) is 10.6. The molecule has 14 rings (SSSR count). The summed E-state index contributed by atoms with van der Waals surface area (Å²) in [6.45, 7) is 0. The smallest absolute Gasteiger partial charge is 0.166 e. The molecular weight excluding hydrogens is 795 g/mol. The molecular formula is C59H35N5O. The maximum atomic E-state index is 6.68. The van der Waals surface area contributed by atoms with Crippen LogP contribution in [0.2, 0.25) is 0 Å². The van der Waals surface area contributed by atoms with Crippen LogP contribution in [0, 0.1) is 0 Å². The van der Waals surface area contributed by atoms with E-state index in [1.807, 2.05) is 12.1 Å². The van der Waals surface area contributed by atoms with Crippen LogP contribution in [0.4, 0.5) is 0 Å². The van der Waals surface area contributed by atoms with Gasteiger partial charge in [0.25, 0.3) is 0 Å². The quantitative estimate of drug-likeness (QED) is 0.173. The molecule has 6 nitrogen and oxygen atoms in total. The zero-order valence-electron chi connectivity index (χ0n) is 34.9. The number of furan rings is 1. The van der Waals surface area contributed by atoms with Crippen molar-refractivity contribution in [3.05, 3.63) is 212 Å². The third kappa shape index (κ3) is 5.38. The lowest BCUT2D eigenvalue weighted by molar-refractivity contribution is 0.669. The van der Waals surface area contributed by atoms with E-state index in [0.29, 0.717) is 17.5 Å². The zero-order chi connectivity index (χ0) is 42.6. The number of fused-ring (bicyclic) bond motifs is 11. The summed E-state index contributed by atoms with van der Waals surface area (Å²) < 4.78 is 11.4. The lowest BCUT2D eigenvalue weighted by atomic mass is 10.0. The van der Waals surface area contributed by atoms with Crippen LogP contribution in [0.3, 0.4) is 0 Å². The van der Waals surface area contributed by atoms with Gasteiger partial charge in [-0.2, -0.15) is 0 Å². The highest BCUT2D eigenvalue weighted by Gasteiger charge is 2.25. The van der Waals surface area contributed by atoms with Crippen LogP contribution >= 0.6 is 0 Å². The Labute approximate surface area is 371 Å². The van der Waals surface area contributed by atoms with Crippen molar-refractivity contribution < 1.29 is 4.42 Å². The van der Waals surface area contributed by atoms with Crippen LogP contribution in [0.15, 0.2) is 217 Å². The molecule has 0 amide bonds. The minimum absolute atomic E-state index is 0.543. The molecule has 0 bridgehead atoms. The van der Waals surface area contributed by atoms with Crippen molar-refractivity contribution in [1.82, 2.24) is 24.1 Å². The van der Waals surface area contributed by atoms with Crippen LogP contribution in [-0.2, 0) is 0 Å². The minimum atomic E-state index is 0.543. The minimum Gasteiger partial charge on any atom is -0.456 e. The number of nitrogens with zero attached hydrogens (tertiary/aromatic N) is 5. The van der Waals surface area contributed by atoms with Crippen LogP contribution < -0.4 is 0 Å². The van der Waals surface area contributed by atoms with E-state index in [9.17, 15) is 0 Å². The fraction of sp³-hybridized carbons (Fsp3) is 0. The van der Waals surface area contributed by atoms with E-state index in [1.54, 1.807) is 0 Å². The Kier molecular flexibility index (Phi) is 7.59. The first kappa shape index (κ1) is 35.7. The number of benzene rings is 10. The SMILES string of the molecule is c1ccc(-n2c3ccccc3c3cccc(-c4nc(-c5cc6oc7ccccc7c6cc5-n5c6ccccc6c6cc7ccccc7cc65)nc(-c5cccc6ccccc56)n4)c32)cc1. The van der Waals surface area contributed by atoms with Gasteiger partial charge in [-0.1, -0.05) is 152 Å². The fourth-order valence-corrected chi connectivity index (χ4v) is 10.2. The van der Waals surface area contributed by atoms with Gasteiger partial charge in [-0.25, -0.2) is 15.0 Å². The van der Waals surface area contributed by atoms with E-state index in [2.05, 4.69) is 209 Å². The van der Waals surface area contributed by atoms with Crippen molar-refractivity contribution in [1.29, 1.82) is 0 Å². The maximum absolute atomic E-state index is 6.68. The highest BCUT2D eigenvalue weighted by atomic mass is 16.3. The second-order valence-corrected chi connectivity index (χ2v) is 16.8.